The van der Waals surface area contributed by atoms with E-state index in [1.807, 2.05) is 30.3 Å². The lowest BCUT2D eigenvalue weighted by Gasteiger charge is -2.02. The molecule has 0 amide bonds. The van der Waals surface area contributed by atoms with Gasteiger partial charge >= 0.3 is 5.56 Å². The molecule has 0 saturated heterocycles. The summed E-state index contributed by atoms with van der Waals surface area (Å²) in [6.45, 7) is 0.431. The largest absolute Gasteiger partial charge is 0.326 e. The molecule has 3 rings (SSSR count). The molecule has 3 N–H and O–H groups in total. The highest BCUT2D eigenvalue weighted by atomic mass is 16.3. The van der Waals surface area contributed by atoms with E-state index in [-0.39, 0.29) is 5.69 Å². The van der Waals surface area contributed by atoms with Crippen molar-refractivity contribution in [3.05, 3.63) is 75.4 Å². The average Bonchev–Trinajstić information content (AvgIpc) is 2.92. The third-order valence-corrected chi connectivity index (χ3v) is 3.45. The van der Waals surface area contributed by atoms with Gasteiger partial charge in [-0.1, -0.05) is 42.5 Å². The molecule has 0 bridgehead atoms. The molecule has 0 radical (unpaired) electrons. The highest BCUT2D eigenvalue weighted by molar-refractivity contribution is 5.72. The van der Waals surface area contributed by atoms with Crippen molar-refractivity contribution in [1.29, 1.82) is 0 Å². The monoisotopic (exact) mass is 294 g/mol. The van der Waals surface area contributed by atoms with E-state index in [1.54, 1.807) is 24.3 Å². The Kier molecular flexibility index (Phi) is 3.67. The van der Waals surface area contributed by atoms with Crippen LogP contribution in [0.2, 0.25) is 0 Å². The van der Waals surface area contributed by atoms with E-state index in [0.717, 1.165) is 5.56 Å². The van der Waals surface area contributed by atoms with Crippen molar-refractivity contribution in [1.82, 2.24) is 9.78 Å². The normalized spacial score (nSPS) is 10.6. The smallest absolute Gasteiger partial charge is 0.301 e. The summed E-state index contributed by atoms with van der Waals surface area (Å²) in [5.41, 5.74) is 7.67. The summed E-state index contributed by atoms with van der Waals surface area (Å²) in [4.78, 5) is 23.4. The maximum absolute atomic E-state index is 12.3. The van der Waals surface area contributed by atoms with Gasteiger partial charge in [0.15, 0.2) is 5.69 Å². The lowest BCUT2D eigenvalue weighted by molar-refractivity contribution is 0.852. The summed E-state index contributed by atoms with van der Waals surface area (Å²) in [5, 5.41) is 5.85. The van der Waals surface area contributed by atoms with Crippen LogP contribution in [0.25, 0.3) is 16.9 Å². The molecule has 0 atom stereocenters. The highest BCUT2D eigenvalue weighted by Gasteiger charge is 2.17. The summed E-state index contributed by atoms with van der Waals surface area (Å²) in [5.74, 6) is 0. The van der Waals surface area contributed by atoms with Crippen LogP contribution in [0, 0.1) is 4.91 Å². The molecule has 0 aliphatic carbocycles. The number of rotatable bonds is 4. The summed E-state index contributed by atoms with van der Waals surface area (Å²) in [6.07, 6.45) is 0. The summed E-state index contributed by atoms with van der Waals surface area (Å²) in [7, 11) is 0. The van der Waals surface area contributed by atoms with Gasteiger partial charge in [0.05, 0.1) is 11.4 Å². The van der Waals surface area contributed by atoms with Gasteiger partial charge in [-0.3, -0.25) is 9.89 Å². The number of H-pyrrole nitrogens is 1. The second-order valence-electron chi connectivity index (χ2n) is 4.80. The van der Waals surface area contributed by atoms with Crippen molar-refractivity contribution in [2.45, 2.75) is 6.54 Å². The molecule has 0 saturated carbocycles. The molecule has 3 aromatic rings. The van der Waals surface area contributed by atoms with Crippen molar-refractivity contribution in [2.75, 3.05) is 0 Å². The Hall–Kier alpha value is -2.99. The Morgan fingerprint density at radius 3 is 2.32 bits per heavy atom. The highest BCUT2D eigenvalue weighted by Crippen LogP contribution is 2.26. The number of nitroso groups, excluding NO2 is 1. The van der Waals surface area contributed by atoms with Crippen LogP contribution in [0.1, 0.15) is 5.56 Å². The maximum Gasteiger partial charge on any atom is 0.301 e. The van der Waals surface area contributed by atoms with E-state index in [0.29, 0.717) is 23.5 Å². The number of nitrogens with zero attached hydrogens (tertiary/aromatic N) is 2. The summed E-state index contributed by atoms with van der Waals surface area (Å²) < 4.78 is 1.31. The topological polar surface area (TPSA) is 93.2 Å². The van der Waals surface area contributed by atoms with Gasteiger partial charge in [-0.15, -0.1) is 4.91 Å². The lowest BCUT2D eigenvalue weighted by atomic mass is 10.1. The minimum atomic E-state index is -0.473. The number of aromatic nitrogens is 2. The minimum Gasteiger partial charge on any atom is -0.326 e. The fourth-order valence-corrected chi connectivity index (χ4v) is 2.28. The Balaban J connectivity index is 2.16. The SMILES string of the molecule is NCc1ccc(-c2[nH]n(-c3ccccc3)c(=O)c2N=O)cc1. The van der Waals surface area contributed by atoms with E-state index in [9.17, 15) is 9.70 Å². The predicted octanol–water partition coefficient (Wildman–Crippen LogP) is 2.69. The van der Waals surface area contributed by atoms with Gasteiger partial charge in [-0.25, -0.2) is 4.68 Å². The molecule has 0 spiro atoms. The van der Waals surface area contributed by atoms with Gasteiger partial charge in [0.25, 0.3) is 0 Å². The third-order valence-electron chi connectivity index (χ3n) is 3.45. The first kappa shape index (κ1) is 14.0. The van der Waals surface area contributed by atoms with Crippen LogP contribution in [-0.2, 0) is 6.54 Å². The lowest BCUT2D eigenvalue weighted by Crippen LogP contribution is -2.13. The molecule has 2 aromatic carbocycles. The molecule has 110 valence electrons. The van der Waals surface area contributed by atoms with Crippen molar-refractivity contribution in [3.8, 4) is 16.9 Å². The molecule has 6 nitrogen and oxygen atoms in total. The number of aromatic amines is 1. The molecular weight excluding hydrogens is 280 g/mol. The average molecular weight is 294 g/mol. The Morgan fingerprint density at radius 1 is 1.05 bits per heavy atom. The number of nitrogens with one attached hydrogen (secondary N) is 1. The zero-order chi connectivity index (χ0) is 15.5. The van der Waals surface area contributed by atoms with Crippen LogP contribution < -0.4 is 11.3 Å². The van der Waals surface area contributed by atoms with E-state index in [2.05, 4.69) is 10.3 Å². The van der Waals surface area contributed by atoms with Crippen LogP contribution in [0.5, 0.6) is 0 Å². The first-order valence-corrected chi connectivity index (χ1v) is 6.77. The first-order chi connectivity index (χ1) is 10.7. The molecule has 0 aliphatic rings. The first-order valence-electron chi connectivity index (χ1n) is 6.77. The predicted molar refractivity (Wildman–Crippen MR) is 85.2 cm³/mol. The van der Waals surface area contributed by atoms with Gasteiger partial charge in [0.2, 0.25) is 0 Å². The zero-order valence-corrected chi connectivity index (χ0v) is 11.7. The van der Waals surface area contributed by atoms with Crippen molar-refractivity contribution in [3.63, 3.8) is 0 Å². The fraction of sp³-hybridized carbons (Fsp3) is 0.0625. The van der Waals surface area contributed by atoms with E-state index < -0.39 is 5.56 Å². The van der Waals surface area contributed by atoms with Crippen LogP contribution >= 0.6 is 0 Å². The Bertz CT molecular complexity index is 848. The molecule has 1 aromatic heterocycles. The number of hydrogen-bond acceptors (Lipinski definition) is 4. The Labute approximate surface area is 126 Å². The van der Waals surface area contributed by atoms with Crippen LogP contribution in [0.15, 0.2) is 64.6 Å². The van der Waals surface area contributed by atoms with Crippen molar-refractivity contribution in [2.24, 2.45) is 10.9 Å². The van der Waals surface area contributed by atoms with Gasteiger partial charge in [0, 0.05) is 12.1 Å². The van der Waals surface area contributed by atoms with Crippen LogP contribution in [-0.4, -0.2) is 9.78 Å². The maximum atomic E-state index is 12.3. The van der Waals surface area contributed by atoms with E-state index in [1.165, 1.54) is 4.68 Å². The van der Waals surface area contributed by atoms with Gasteiger partial charge in [0.1, 0.15) is 0 Å². The van der Waals surface area contributed by atoms with Crippen molar-refractivity contribution >= 4 is 5.69 Å². The molecule has 22 heavy (non-hydrogen) atoms. The number of para-hydroxylation sites is 1. The number of hydrogen-bond donors (Lipinski definition) is 2. The summed E-state index contributed by atoms with van der Waals surface area (Å²) >= 11 is 0. The van der Waals surface area contributed by atoms with E-state index >= 15 is 0 Å². The second-order valence-corrected chi connectivity index (χ2v) is 4.80. The summed E-state index contributed by atoms with van der Waals surface area (Å²) in [6, 6.07) is 16.3. The molecule has 1 heterocycles. The molecule has 0 unspecified atom stereocenters. The molecule has 6 heteroatoms. The third kappa shape index (κ3) is 2.36. The van der Waals surface area contributed by atoms with Crippen LogP contribution in [0.4, 0.5) is 5.69 Å². The van der Waals surface area contributed by atoms with Gasteiger partial charge < -0.3 is 5.73 Å². The number of benzene rings is 2. The van der Waals surface area contributed by atoms with Crippen LogP contribution in [0.3, 0.4) is 0 Å². The van der Waals surface area contributed by atoms with Gasteiger partial charge in [-0.05, 0) is 22.9 Å². The quantitative estimate of drug-likeness (QED) is 0.724. The van der Waals surface area contributed by atoms with E-state index in [4.69, 9.17) is 5.73 Å². The fourth-order valence-electron chi connectivity index (χ4n) is 2.28. The zero-order valence-electron chi connectivity index (χ0n) is 11.7. The molecular formula is C16H14N4O2. The van der Waals surface area contributed by atoms with Crippen molar-refractivity contribution < 1.29 is 0 Å². The molecule has 0 fully saturated rings. The molecule has 0 aliphatic heterocycles. The number of nitrogens with two attached hydrogens (primary N) is 1. The Morgan fingerprint density at radius 2 is 1.73 bits per heavy atom. The minimum absolute atomic E-state index is 0.135. The standard InChI is InChI=1S/C16H14N4O2/c17-10-11-6-8-12(9-7-11)14-15(19-22)16(21)20(18-14)13-4-2-1-3-5-13/h1-9,18H,10,17H2. The van der Waals surface area contributed by atoms with Gasteiger partial charge in [-0.2, -0.15) is 0 Å². The second kappa shape index (κ2) is 5.79.